The van der Waals surface area contributed by atoms with E-state index in [1.54, 1.807) is 12.1 Å². The normalized spacial score (nSPS) is 13.4. The quantitative estimate of drug-likeness (QED) is 0.738. The zero-order valence-electron chi connectivity index (χ0n) is 15.8. The summed E-state index contributed by atoms with van der Waals surface area (Å²) in [5, 5.41) is 5.60. The van der Waals surface area contributed by atoms with Crippen LogP contribution in [0.4, 0.5) is 0 Å². The van der Waals surface area contributed by atoms with Gasteiger partial charge in [0.05, 0.1) is 0 Å². The van der Waals surface area contributed by atoms with Crippen LogP contribution in [0.3, 0.4) is 0 Å². The Morgan fingerprint density at radius 1 is 0.929 bits per heavy atom. The summed E-state index contributed by atoms with van der Waals surface area (Å²) in [5.74, 6) is -0.123. The van der Waals surface area contributed by atoms with Crippen molar-refractivity contribution in [2.45, 2.75) is 32.4 Å². The monoisotopic (exact) mass is 379 g/mol. The van der Waals surface area contributed by atoms with Crippen LogP contribution in [0.5, 0.6) is 0 Å². The maximum absolute atomic E-state index is 12.2. The molecule has 0 spiro atoms. The average molecular weight is 379 g/mol. The molecule has 6 heteroatoms. The second-order valence-electron chi connectivity index (χ2n) is 6.88. The molecule has 6 nitrogen and oxygen atoms in total. The molecule has 2 aromatic rings. The molecule has 2 aromatic carbocycles. The van der Waals surface area contributed by atoms with Gasteiger partial charge in [0.25, 0.3) is 5.91 Å². The number of carbonyl (C=O) groups excluding carboxylic acids is 3. The van der Waals surface area contributed by atoms with Crippen LogP contribution in [0.15, 0.2) is 54.6 Å². The Morgan fingerprint density at radius 2 is 1.68 bits per heavy atom. The Balaban J connectivity index is 1.38. The van der Waals surface area contributed by atoms with Crippen LogP contribution in [0, 0.1) is 0 Å². The van der Waals surface area contributed by atoms with Gasteiger partial charge in [0.2, 0.25) is 11.8 Å². The van der Waals surface area contributed by atoms with Crippen LogP contribution in [0.1, 0.15) is 40.7 Å². The molecule has 0 saturated carbocycles. The van der Waals surface area contributed by atoms with E-state index in [0.717, 1.165) is 24.1 Å². The highest BCUT2D eigenvalue weighted by Crippen LogP contribution is 2.14. The first-order chi connectivity index (χ1) is 13.6. The van der Waals surface area contributed by atoms with Gasteiger partial charge in [-0.1, -0.05) is 42.5 Å². The zero-order chi connectivity index (χ0) is 19.8. The van der Waals surface area contributed by atoms with E-state index in [9.17, 15) is 14.4 Å². The second-order valence-corrected chi connectivity index (χ2v) is 6.88. The number of hydrogen-bond acceptors (Lipinski definition) is 3. The van der Waals surface area contributed by atoms with Crippen molar-refractivity contribution in [3.05, 3.63) is 71.3 Å². The highest BCUT2D eigenvalue weighted by atomic mass is 16.2. The standard InChI is InChI=1S/C22H25N3O3/c26-20(24-15-17-5-2-1-3-6-17)12-13-23-22(28)19-10-8-18(9-11-19)16-25-14-4-7-21(25)27/h1-3,5-6,8-11H,4,7,12-16H2,(H,23,28)(H,24,26). The van der Waals surface area contributed by atoms with Crippen molar-refractivity contribution in [3.63, 3.8) is 0 Å². The van der Waals surface area contributed by atoms with E-state index in [1.165, 1.54) is 0 Å². The van der Waals surface area contributed by atoms with Crippen molar-refractivity contribution in [1.29, 1.82) is 0 Å². The maximum atomic E-state index is 12.2. The molecular formula is C22H25N3O3. The van der Waals surface area contributed by atoms with Gasteiger partial charge in [-0.25, -0.2) is 0 Å². The van der Waals surface area contributed by atoms with E-state index in [-0.39, 0.29) is 30.7 Å². The molecule has 1 saturated heterocycles. The topological polar surface area (TPSA) is 78.5 Å². The molecule has 146 valence electrons. The minimum atomic E-state index is -0.209. The highest BCUT2D eigenvalue weighted by Gasteiger charge is 2.20. The lowest BCUT2D eigenvalue weighted by molar-refractivity contribution is -0.128. The van der Waals surface area contributed by atoms with Gasteiger partial charge in [-0.05, 0) is 29.7 Å². The predicted octanol–water partition coefficient (Wildman–Crippen LogP) is 2.25. The molecule has 0 aliphatic carbocycles. The minimum Gasteiger partial charge on any atom is -0.352 e. The number of carbonyl (C=O) groups is 3. The molecule has 0 aromatic heterocycles. The van der Waals surface area contributed by atoms with Gasteiger partial charge in [-0.3, -0.25) is 14.4 Å². The molecule has 3 rings (SSSR count). The Bertz CT molecular complexity index is 819. The number of nitrogens with zero attached hydrogens (tertiary/aromatic N) is 1. The van der Waals surface area contributed by atoms with Gasteiger partial charge < -0.3 is 15.5 Å². The van der Waals surface area contributed by atoms with E-state index in [1.807, 2.05) is 47.4 Å². The number of nitrogens with one attached hydrogen (secondary N) is 2. The Kier molecular flexibility index (Phi) is 6.78. The fourth-order valence-corrected chi connectivity index (χ4v) is 3.13. The van der Waals surface area contributed by atoms with Crippen LogP contribution >= 0.6 is 0 Å². The molecule has 3 amide bonds. The summed E-state index contributed by atoms with van der Waals surface area (Å²) in [6.45, 7) is 2.15. The third-order valence-electron chi connectivity index (χ3n) is 4.73. The van der Waals surface area contributed by atoms with Crippen molar-refractivity contribution < 1.29 is 14.4 Å². The summed E-state index contributed by atoms with van der Waals surface area (Å²) >= 11 is 0. The number of amides is 3. The summed E-state index contributed by atoms with van der Waals surface area (Å²) in [6.07, 6.45) is 1.77. The molecule has 0 unspecified atom stereocenters. The van der Waals surface area contributed by atoms with E-state index >= 15 is 0 Å². The first kappa shape index (κ1) is 19.6. The van der Waals surface area contributed by atoms with Crippen molar-refractivity contribution in [2.75, 3.05) is 13.1 Å². The molecule has 1 aliphatic heterocycles. The van der Waals surface area contributed by atoms with Crippen LogP contribution in [-0.4, -0.2) is 35.7 Å². The smallest absolute Gasteiger partial charge is 0.251 e. The van der Waals surface area contributed by atoms with Gasteiger partial charge in [0, 0.05) is 44.6 Å². The summed E-state index contributed by atoms with van der Waals surface area (Å²) < 4.78 is 0. The number of likely N-dealkylation sites (tertiary alicyclic amines) is 1. The first-order valence-electron chi connectivity index (χ1n) is 9.57. The van der Waals surface area contributed by atoms with Gasteiger partial charge in [-0.15, -0.1) is 0 Å². The largest absolute Gasteiger partial charge is 0.352 e. The average Bonchev–Trinajstić information content (AvgIpc) is 3.12. The molecule has 1 aliphatic rings. The fraction of sp³-hybridized carbons (Fsp3) is 0.318. The Morgan fingerprint density at radius 3 is 2.36 bits per heavy atom. The third-order valence-corrected chi connectivity index (χ3v) is 4.73. The van der Waals surface area contributed by atoms with Crippen LogP contribution in [0.2, 0.25) is 0 Å². The lowest BCUT2D eigenvalue weighted by atomic mass is 10.1. The summed E-state index contributed by atoms with van der Waals surface area (Å²) in [4.78, 5) is 37.6. The summed E-state index contributed by atoms with van der Waals surface area (Å²) in [7, 11) is 0. The molecular weight excluding hydrogens is 354 g/mol. The molecule has 0 radical (unpaired) electrons. The predicted molar refractivity (Wildman–Crippen MR) is 106 cm³/mol. The van der Waals surface area contributed by atoms with Crippen molar-refractivity contribution >= 4 is 17.7 Å². The zero-order valence-corrected chi connectivity index (χ0v) is 15.8. The van der Waals surface area contributed by atoms with Crippen molar-refractivity contribution in [3.8, 4) is 0 Å². The van der Waals surface area contributed by atoms with E-state index in [4.69, 9.17) is 0 Å². The second kappa shape index (κ2) is 9.69. The van der Waals surface area contributed by atoms with Crippen LogP contribution in [-0.2, 0) is 22.7 Å². The lowest BCUT2D eigenvalue weighted by Gasteiger charge is -2.15. The lowest BCUT2D eigenvalue weighted by Crippen LogP contribution is -2.30. The molecule has 0 atom stereocenters. The fourth-order valence-electron chi connectivity index (χ4n) is 3.13. The molecule has 2 N–H and O–H groups in total. The van der Waals surface area contributed by atoms with Crippen LogP contribution in [0.25, 0.3) is 0 Å². The van der Waals surface area contributed by atoms with E-state index < -0.39 is 0 Å². The van der Waals surface area contributed by atoms with E-state index in [0.29, 0.717) is 25.1 Å². The molecule has 0 bridgehead atoms. The first-order valence-corrected chi connectivity index (χ1v) is 9.57. The van der Waals surface area contributed by atoms with Crippen LogP contribution < -0.4 is 10.6 Å². The number of hydrogen-bond donors (Lipinski definition) is 2. The van der Waals surface area contributed by atoms with Gasteiger partial charge >= 0.3 is 0 Å². The third kappa shape index (κ3) is 5.67. The molecule has 1 fully saturated rings. The van der Waals surface area contributed by atoms with Gasteiger partial charge in [0.15, 0.2) is 0 Å². The van der Waals surface area contributed by atoms with Gasteiger partial charge in [0.1, 0.15) is 0 Å². The van der Waals surface area contributed by atoms with Gasteiger partial charge in [-0.2, -0.15) is 0 Å². The Hall–Kier alpha value is -3.15. The molecule has 28 heavy (non-hydrogen) atoms. The number of benzene rings is 2. The maximum Gasteiger partial charge on any atom is 0.251 e. The summed E-state index contributed by atoms with van der Waals surface area (Å²) in [5.41, 5.74) is 2.59. The van der Waals surface area contributed by atoms with Crippen molar-refractivity contribution in [1.82, 2.24) is 15.5 Å². The van der Waals surface area contributed by atoms with Crippen molar-refractivity contribution in [2.24, 2.45) is 0 Å². The number of rotatable bonds is 8. The summed E-state index contributed by atoms with van der Waals surface area (Å²) in [6, 6.07) is 16.9. The molecule has 1 heterocycles. The minimum absolute atomic E-state index is 0.102. The Labute approximate surface area is 164 Å². The SMILES string of the molecule is O=C(CCNC(=O)c1ccc(CN2CCCC2=O)cc1)NCc1ccccc1. The highest BCUT2D eigenvalue weighted by molar-refractivity contribution is 5.94. The van der Waals surface area contributed by atoms with E-state index in [2.05, 4.69) is 10.6 Å².